The molecule has 1 amide bonds. The van der Waals surface area contributed by atoms with Gasteiger partial charge in [-0.2, -0.15) is 0 Å². The summed E-state index contributed by atoms with van der Waals surface area (Å²) in [6.45, 7) is 3.64. The second-order valence-corrected chi connectivity index (χ2v) is 2.66. The zero-order valence-electron chi connectivity index (χ0n) is 6.91. The minimum Gasteiger partial charge on any atom is -0.466 e. The summed E-state index contributed by atoms with van der Waals surface area (Å²) in [6.07, 6.45) is 3.30. The van der Waals surface area contributed by atoms with Gasteiger partial charge in [0.2, 0.25) is 5.88 Å². The fourth-order valence-electron chi connectivity index (χ4n) is 1.10. The Hall–Kier alpha value is -1.84. The number of fused-ring (bicyclic) bond motifs is 1. The molecule has 0 unspecified atom stereocenters. The highest BCUT2D eigenvalue weighted by molar-refractivity contribution is 5.95. The molecule has 0 saturated carbocycles. The van der Waals surface area contributed by atoms with E-state index in [-0.39, 0.29) is 12.5 Å². The van der Waals surface area contributed by atoms with Crippen LogP contribution in [0.15, 0.2) is 18.8 Å². The van der Waals surface area contributed by atoms with Crippen molar-refractivity contribution in [2.75, 3.05) is 11.9 Å². The molecule has 0 bridgehead atoms. The Morgan fingerprint density at radius 2 is 2.54 bits per heavy atom. The molecule has 4 heteroatoms. The fraction of sp³-hybridized carbons (Fsp3) is 0.111. The summed E-state index contributed by atoms with van der Waals surface area (Å²) in [5, 5.41) is 2.66. The molecule has 0 aromatic carbocycles. The summed E-state index contributed by atoms with van der Waals surface area (Å²) in [5.41, 5.74) is 1.46. The van der Waals surface area contributed by atoms with Crippen LogP contribution < -0.4 is 10.1 Å². The van der Waals surface area contributed by atoms with Gasteiger partial charge >= 0.3 is 0 Å². The molecule has 1 aromatic rings. The lowest BCUT2D eigenvalue weighted by Gasteiger charge is -2.16. The number of ether oxygens (including phenoxy) is 1. The maximum absolute atomic E-state index is 10.9. The topological polar surface area (TPSA) is 51.2 Å². The van der Waals surface area contributed by atoms with E-state index in [4.69, 9.17) is 4.74 Å². The Morgan fingerprint density at radius 3 is 3.31 bits per heavy atom. The van der Waals surface area contributed by atoms with Gasteiger partial charge in [-0.3, -0.25) is 4.79 Å². The van der Waals surface area contributed by atoms with Gasteiger partial charge in [-0.15, -0.1) is 0 Å². The summed E-state index contributed by atoms with van der Waals surface area (Å²) < 4.78 is 5.08. The predicted molar refractivity (Wildman–Crippen MR) is 48.5 cm³/mol. The third-order valence-electron chi connectivity index (χ3n) is 1.72. The van der Waals surface area contributed by atoms with Crippen molar-refractivity contribution in [1.82, 2.24) is 4.98 Å². The van der Waals surface area contributed by atoms with E-state index in [9.17, 15) is 4.79 Å². The van der Waals surface area contributed by atoms with E-state index >= 15 is 0 Å². The van der Waals surface area contributed by atoms with Crippen LogP contribution in [0, 0.1) is 0 Å². The number of rotatable bonds is 1. The Balaban J connectivity index is 2.43. The van der Waals surface area contributed by atoms with Crippen LogP contribution in [-0.2, 0) is 4.79 Å². The van der Waals surface area contributed by atoms with E-state index in [2.05, 4.69) is 16.9 Å². The summed E-state index contributed by atoms with van der Waals surface area (Å²) in [7, 11) is 0. The zero-order valence-corrected chi connectivity index (χ0v) is 6.91. The zero-order chi connectivity index (χ0) is 9.26. The number of nitrogens with zero attached hydrogens (tertiary/aromatic N) is 1. The van der Waals surface area contributed by atoms with Crippen LogP contribution in [-0.4, -0.2) is 17.5 Å². The molecule has 1 N–H and O–H groups in total. The molecule has 1 aliphatic heterocycles. The van der Waals surface area contributed by atoms with E-state index in [1.165, 1.54) is 0 Å². The molecule has 0 atom stereocenters. The third kappa shape index (κ3) is 1.38. The third-order valence-corrected chi connectivity index (χ3v) is 1.72. The van der Waals surface area contributed by atoms with Crippen molar-refractivity contribution in [3.05, 3.63) is 24.4 Å². The van der Waals surface area contributed by atoms with Gasteiger partial charge in [0.1, 0.15) is 5.69 Å². The van der Waals surface area contributed by atoms with Crippen molar-refractivity contribution in [3.8, 4) is 5.88 Å². The molecule has 1 aliphatic rings. The molecule has 0 aliphatic carbocycles. The minimum absolute atomic E-state index is 0.0352. The van der Waals surface area contributed by atoms with E-state index in [1.807, 2.05) is 0 Å². The van der Waals surface area contributed by atoms with Crippen molar-refractivity contribution < 1.29 is 9.53 Å². The molecule has 0 fully saturated rings. The number of carbonyl (C=O) groups excluding carboxylic acids is 1. The number of aromatic nitrogens is 1. The van der Waals surface area contributed by atoms with Crippen molar-refractivity contribution in [2.24, 2.45) is 0 Å². The molecular weight excluding hydrogens is 168 g/mol. The van der Waals surface area contributed by atoms with Crippen LogP contribution in [0.1, 0.15) is 5.56 Å². The molecular formula is C9H8N2O2. The molecule has 4 nitrogen and oxygen atoms in total. The molecule has 0 saturated heterocycles. The van der Waals surface area contributed by atoms with Crippen LogP contribution in [0.4, 0.5) is 5.69 Å². The molecule has 13 heavy (non-hydrogen) atoms. The molecule has 0 spiro atoms. The Bertz CT molecular complexity index is 374. The number of hydrogen-bond donors (Lipinski definition) is 1. The smallest absolute Gasteiger partial charge is 0.262 e. The Kier molecular flexibility index (Phi) is 1.73. The maximum atomic E-state index is 10.9. The lowest BCUT2D eigenvalue weighted by Crippen LogP contribution is -2.25. The van der Waals surface area contributed by atoms with Gasteiger partial charge in [0.05, 0.1) is 0 Å². The normalized spacial score (nSPS) is 14.0. The minimum atomic E-state index is -0.157. The van der Waals surface area contributed by atoms with Gasteiger partial charge in [0, 0.05) is 6.20 Å². The molecule has 66 valence electrons. The predicted octanol–water partition coefficient (Wildman–Crippen LogP) is 1.06. The lowest BCUT2D eigenvalue weighted by atomic mass is 10.2. The van der Waals surface area contributed by atoms with E-state index in [1.54, 1.807) is 18.3 Å². The number of hydrogen-bond acceptors (Lipinski definition) is 3. The molecule has 2 heterocycles. The number of anilines is 1. The number of carbonyl (C=O) groups is 1. The van der Waals surface area contributed by atoms with Gasteiger partial charge in [0.25, 0.3) is 5.91 Å². The van der Waals surface area contributed by atoms with E-state index < -0.39 is 0 Å². The average molecular weight is 176 g/mol. The van der Waals surface area contributed by atoms with Crippen molar-refractivity contribution >= 4 is 17.7 Å². The highest BCUT2D eigenvalue weighted by Gasteiger charge is 2.16. The number of pyridine rings is 1. The first-order valence-corrected chi connectivity index (χ1v) is 3.85. The van der Waals surface area contributed by atoms with Crippen LogP contribution >= 0.6 is 0 Å². The maximum Gasteiger partial charge on any atom is 0.262 e. The molecule has 2 rings (SSSR count). The van der Waals surface area contributed by atoms with Gasteiger partial charge in [-0.25, -0.2) is 4.98 Å². The van der Waals surface area contributed by atoms with Crippen LogP contribution in [0.2, 0.25) is 0 Å². The standard InChI is InChI=1S/C9H8N2O2/c1-2-6-3-7-9(10-4-6)13-5-8(12)11-7/h2-4H,1,5H2,(H,11,12). The number of amides is 1. The highest BCUT2D eigenvalue weighted by atomic mass is 16.5. The van der Waals surface area contributed by atoms with Gasteiger partial charge < -0.3 is 10.1 Å². The van der Waals surface area contributed by atoms with Crippen LogP contribution in [0.25, 0.3) is 6.08 Å². The van der Waals surface area contributed by atoms with Crippen molar-refractivity contribution in [1.29, 1.82) is 0 Å². The summed E-state index contributed by atoms with van der Waals surface area (Å²) in [5.74, 6) is 0.306. The van der Waals surface area contributed by atoms with Gasteiger partial charge in [0.15, 0.2) is 6.61 Å². The van der Waals surface area contributed by atoms with Gasteiger partial charge in [-0.1, -0.05) is 12.7 Å². The summed E-state index contributed by atoms with van der Waals surface area (Å²) >= 11 is 0. The summed E-state index contributed by atoms with van der Waals surface area (Å²) in [6, 6.07) is 1.77. The van der Waals surface area contributed by atoms with E-state index in [0.717, 1.165) is 5.56 Å². The fourth-order valence-corrected chi connectivity index (χ4v) is 1.10. The largest absolute Gasteiger partial charge is 0.466 e. The number of nitrogens with one attached hydrogen (secondary N) is 1. The first-order chi connectivity index (χ1) is 6.29. The second kappa shape index (κ2) is 2.90. The first kappa shape index (κ1) is 7.79. The second-order valence-electron chi connectivity index (χ2n) is 2.66. The quantitative estimate of drug-likeness (QED) is 0.695. The monoisotopic (exact) mass is 176 g/mol. The lowest BCUT2D eigenvalue weighted by molar-refractivity contribution is -0.118. The van der Waals surface area contributed by atoms with Crippen LogP contribution in [0.3, 0.4) is 0 Å². The Labute approximate surface area is 75.2 Å². The molecule has 1 aromatic heterocycles. The first-order valence-electron chi connectivity index (χ1n) is 3.85. The van der Waals surface area contributed by atoms with Crippen molar-refractivity contribution in [2.45, 2.75) is 0 Å². The Morgan fingerprint density at radius 1 is 1.69 bits per heavy atom. The van der Waals surface area contributed by atoms with E-state index in [0.29, 0.717) is 11.6 Å². The molecule has 0 radical (unpaired) electrons. The van der Waals surface area contributed by atoms with Gasteiger partial charge in [-0.05, 0) is 11.6 Å². The summed E-state index contributed by atoms with van der Waals surface area (Å²) in [4.78, 5) is 15.0. The average Bonchev–Trinajstić information content (AvgIpc) is 2.16. The highest BCUT2D eigenvalue weighted by Crippen LogP contribution is 2.25. The van der Waals surface area contributed by atoms with Crippen molar-refractivity contribution in [3.63, 3.8) is 0 Å². The SMILES string of the molecule is C=Cc1cnc2c(c1)NC(=O)CO2. The van der Waals surface area contributed by atoms with Crippen LogP contribution in [0.5, 0.6) is 5.88 Å².